The Hall–Kier alpha value is -2.44. The summed E-state index contributed by atoms with van der Waals surface area (Å²) >= 11 is 0. The molecule has 0 aromatic heterocycles. The molecule has 1 aliphatic rings. The zero-order chi connectivity index (χ0) is 14.9. The van der Waals surface area contributed by atoms with Crippen LogP contribution in [0.25, 0.3) is 0 Å². The standard InChI is InChI=1S/C13H15NO6/c1-13(2,3)20-12(17)14-8-5-10-9(18-6-19-10)4-7(8)11(15)16/h4-5H,6H2,1-3H3,(H,14,17)(H,15,16). The predicted octanol–water partition coefficient (Wildman–Crippen LogP) is 2.46. The molecule has 0 fully saturated rings. The number of carbonyl (C=O) groups is 2. The highest BCUT2D eigenvalue weighted by molar-refractivity contribution is 5.99. The average molecular weight is 281 g/mol. The molecule has 0 spiro atoms. The van der Waals surface area contributed by atoms with Crippen molar-refractivity contribution < 1.29 is 28.9 Å². The van der Waals surface area contributed by atoms with Crippen LogP contribution in [0.15, 0.2) is 12.1 Å². The summed E-state index contributed by atoms with van der Waals surface area (Å²) in [5.74, 6) is -0.479. The van der Waals surface area contributed by atoms with Crippen LogP contribution in [0.2, 0.25) is 0 Å². The molecule has 1 aromatic rings. The highest BCUT2D eigenvalue weighted by atomic mass is 16.7. The summed E-state index contributed by atoms with van der Waals surface area (Å²) in [7, 11) is 0. The van der Waals surface area contributed by atoms with E-state index in [4.69, 9.17) is 19.3 Å². The van der Waals surface area contributed by atoms with E-state index in [0.29, 0.717) is 11.5 Å². The maximum atomic E-state index is 11.7. The first-order valence-corrected chi connectivity index (χ1v) is 5.93. The Morgan fingerprint density at radius 1 is 1.25 bits per heavy atom. The van der Waals surface area contributed by atoms with Crippen molar-refractivity contribution in [2.24, 2.45) is 0 Å². The second-order valence-electron chi connectivity index (χ2n) is 5.18. The zero-order valence-corrected chi connectivity index (χ0v) is 11.4. The summed E-state index contributed by atoms with van der Waals surface area (Å²) in [5, 5.41) is 11.6. The number of hydrogen-bond donors (Lipinski definition) is 2. The molecular formula is C13H15NO6. The Balaban J connectivity index is 2.26. The smallest absolute Gasteiger partial charge is 0.412 e. The lowest BCUT2D eigenvalue weighted by Crippen LogP contribution is -2.27. The Bertz CT molecular complexity index is 561. The number of carbonyl (C=O) groups excluding carboxylic acids is 1. The van der Waals surface area contributed by atoms with Gasteiger partial charge in [0, 0.05) is 12.1 Å². The molecule has 108 valence electrons. The fourth-order valence-electron chi connectivity index (χ4n) is 1.64. The third-order valence-electron chi connectivity index (χ3n) is 2.38. The summed E-state index contributed by atoms with van der Waals surface area (Å²) in [4.78, 5) is 22.9. The second kappa shape index (κ2) is 4.92. The van der Waals surface area contributed by atoms with Gasteiger partial charge in [-0.1, -0.05) is 0 Å². The van der Waals surface area contributed by atoms with E-state index in [9.17, 15) is 9.59 Å². The molecule has 0 atom stereocenters. The predicted molar refractivity (Wildman–Crippen MR) is 69.4 cm³/mol. The molecular weight excluding hydrogens is 266 g/mol. The van der Waals surface area contributed by atoms with E-state index in [2.05, 4.69) is 5.32 Å². The minimum absolute atomic E-state index is 0.0181. The van der Waals surface area contributed by atoms with Crippen molar-refractivity contribution in [3.8, 4) is 11.5 Å². The van der Waals surface area contributed by atoms with Gasteiger partial charge in [-0.05, 0) is 20.8 Å². The molecule has 0 saturated heterocycles. The normalized spacial score (nSPS) is 12.9. The molecule has 0 unspecified atom stereocenters. The fraction of sp³-hybridized carbons (Fsp3) is 0.385. The van der Waals surface area contributed by atoms with Gasteiger partial charge in [0.15, 0.2) is 11.5 Å². The third-order valence-corrected chi connectivity index (χ3v) is 2.38. The van der Waals surface area contributed by atoms with Crippen molar-refractivity contribution in [1.82, 2.24) is 0 Å². The number of amides is 1. The van der Waals surface area contributed by atoms with Gasteiger partial charge < -0.3 is 19.3 Å². The van der Waals surface area contributed by atoms with E-state index in [-0.39, 0.29) is 18.0 Å². The zero-order valence-electron chi connectivity index (χ0n) is 11.4. The van der Waals surface area contributed by atoms with E-state index >= 15 is 0 Å². The molecule has 0 saturated carbocycles. The lowest BCUT2D eigenvalue weighted by atomic mass is 10.1. The van der Waals surface area contributed by atoms with Crippen LogP contribution >= 0.6 is 0 Å². The molecule has 1 heterocycles. The molecule has 7 nitrogen and oxygen atoms in total. The van der Waals surface area contributed by atoms with Crippen LogP contribution in [0.4, 0.5) is 10.5 Å². The topological polar surface area (TPSA) is 94.1 Å². The van der Waals surface area contributed by atoms with Gasteiger partial charge >= 0.3 is 12.1 Å². The van der Waals surface area contributed by atoms with E-state index < -0.39 is 17.7 Å². The SMILES string of the molecule is CC(C)(C)OC(=O)Nc1cc2c(cc1C(=O)O)OCO2. The van der Waals surface area contributed by atoms with Crippen LogP contribution in [0.5, 0.6) is 11.5 Å². The number of benzene rings is 1. The number of aromatic carboxylic acids is 1. The van der Waals surface area contributed by atoms with Crippen molar-refractivity contribution in [3.05, 3.63) is 17.7 Å². The Morgan fingerprint density at radius 2 is 1.85 bits per heavy atom. The molecule has 1 amide bonds. The number of fused-ring (bicyclic) bond motifs is 1. The van der Waals surface area contributed by atoms with Gasteiger partial charge in [0.05, 0.1) is 11.3 Å². The number of nitrogens with one attached hydrogen (secondary N) is 1. The molecule has 2 N–H and O–H groups in total. The lowest BCUT2D eigenvalue weighted by molar-refractivity contribution is 0.0636. The number of ether oxygens (including phenoxy) is 3. The fourth-order valence-corrected chi connectivity index (χ4v) is 1.64. The molecule has 0 bridgehead atoms. The van der Waals surface area contributed by atoms with Gasteiger partial charge in [-0.3, -0.25) is 5.32 Å². The summed E-state index contributed by atoms with van der Waals surface area (Å²) in [6, 6.07) is 2.70. The molecule has 1 aromatic carbocycles. The summed E-state index contributed by atoms with van der Waals surface area (Å²) in [6.07, 6.45) is -0.737. The van der Waals surface area contributed by atoms with Crippen molar-refractivity contribution in [2.75, 3.05) is 12.1 Å². The molecule has 0 aliphatic carbocycles. The van der Waals surface area contributed by atoms with Crippen molar-refractivity contribution in [1.29, 1.82) is 0 Å². The summed E-state index contributed by atoms with van der Waals surface area (Å²) in [6.45, 7) is 5.16. The molecule has 20 heavy (non-hydrogen) atoms. The first-order chi connectivity index (χ1) is 9.26. The van der Waals surface area contributed by atoms with Gasteiger partial charge in [-0.2, -0.15) is 0 Å². The van der Waals surface area contributed by atoms with Gasteiger partial charge in [0.25, 0.3) is 0 Å². The Labute approximate surface area is 115 Å². The number of rotatable bonds is 2. The van der Waals surface area contributed by atoms with E-state index in [0.717, 1.165) is 0 Å². The van der Waals surface area contributed by atoms with Crippen LogP contribution in [0, 0.1) is 0 Å². The molecule has 0 radical (unpaired) electrons. The minimum atomic E-state index is -1.19. The largest absolute Gasteiger partial charge is 0.478 e. The molecule has 1 aliphatic heterocycles. The van der Waals surface area contributed by atoms with E-state index in [1.807, 2.05) is 0 Å². The third kappa shape index (κ3) is 3.11. The van der Waals surface area contributed by atoms with E-state index in [1.165, 1.54) is 12.1 Å². The highest BCUT2D eigenvalue weighted by Gasteiger charge is 2.23. The summed E-state index contributed by atoms with van der Waals surface area (Å²) < 4.78 is 15.3. The van der Waals surface area contributed by atoms with Crippen LogP contribution in [-0.2, 0) is 4.74 Å². The average Bonchev–Trinajstić information content (AvgIpc) is 2.71. The summed E-state index contributed by atoms with van der Waals surface area (Å²) in [5.41, 5.74) is -0.680. The van der Waals surface area contributed by atoms with Crippen molar-refractivity contribution in [3.63, 3.8) is 0 Å². The first kappa shape index (κ1) is 14.0. The van der Waals surface area contributed by atoms with Crippen molar-refractivity contribution in [2.45, 2.75) is 26.4 Å². The van der Waals surface area contributed by atoms with Gasteiger partial charge in [-0.15, -0.1) is 0 Å². The first-order valence-electron chi connectivity index (χ1n) is 5.93. The molecule has 2 rings (SSSR count). The van der Waals surface area contributed by atoms with Crippen LogP contribution in [-0.4, -0.2) is 29.6 Å². The number of carboxylic acids is 1. The van der Waals surface area contributed by atoms with Crippen LogP contribution in [0.3, 0.4) is 0 Å². The van der Waals surface area contributed by atoms with Crippen LogP contribution < -0.4 is 14.8 Å². The van der Waals surface area contributed by atoms with Crippen LogP contribution in [0.1, 0.15) is 31.1 Å². The second-order valence-corrected chi connectivity index (χ2v) is 5.18. The lowest BCUT2D eigenvalue weighted by Gasteiger charge is -2.20. The highest BCUT2D eigenvalue weighted by Crippen LogP contribution is 2.37. The molecule has 7 heteroatoms. The number of carboxylic acid groups (broad SMARTS) is 1. The van der Waals surface area contributed by atoms with Gasteiger partial charge in [0.2, 0.25) is 6.79 Å². The minimum Gasteiger partial charge on any atom is -0.478 e. The van der Waals surface area contributed by atoms with Gasteiger partial charge in [-0.25, -0.2) is 9.59 Å². The van der Waals surface area contributed by atoms with E-state index in [1.54, 1.807) is 20.8 Å². The Morgan fingerprint density at radius 3 is 2.40 bits per heavy atom. The quantitative estimate of drug-likeness (QED) is 0.864. The Kier molecular flexibility index (Phi) is 3.44. The maximum Gasteiger partial charge on any atom is 0.412 e. The number of anilines is 1. The maximum absolute atomic E-state index is 11.7. The number of hydrogen-bond acceptors (Lipinski definition) is 5. The monoisotopic (exact) mass is 281 g/mol. The van der Waals surface area contributed by atoms with Gasteiger partial charge in [0.1, 0.15) is 5.60 Å². The van der Waals surface area contributed by atoms with Crippen molar-refractivity contribution >= 4 is 17.7 Å².